The Bertz CT molecular complexity index is 417. The highest BCUT2D eigenvalue weighted by Crippen LogP contribution is 2.33. The first kappa shape index (κ1) is 13.1. The van der Waals surface area contributed by atoms with Crippen LogP contribution in [0.4, 0.5) is 20.2 Å². The molecule has 0 aromatic heterocycles. The lowest BCUT2D eigenvalue weighted by atomic mass is 9.91. The molecule has 1 saturated heterocycles. The summed E-state index contributed by atoms with van der Waals surface area (Å²) in [5, 5.41) is 3.22. The summed E-state index contributed by atoms with van der Waals surface area (Å²) in [6, 6.07) is 4.59. The molecule has 0 saturated carbocycles. The van der Waals surface area contributed by atoms with E-state index in [0.717, 1.165) is 12.8 Å². The molecular weight excluding hydrogens is 238 g/mol. The van der Waals surface area contributed by atoms with Gasteiger partial charge >= 0.3 is 0 Å². The van der Waals surface area contributed by atoms with Crippen LogP contribution in [0.3, 0.4) is 0 Å². The van der Waals surface area contributed by atoms with Gasteiger partial charge in [0.05, 0.1) is 0 Å². The highest BCUT2D eigenvalue weighted by atomic mass is 19.3. The van der Waals surface area contributed by atoms with E-state index in [4.69, 9.17) is 10.5 Å². The van der Waals surface area contributed by atoms with Crippen molar-refractivity contribution in [3.63, 3.8) is 0 Å². The Hall–Kier alpha value is -1.36. The Morgan fingerprint density at radius 3 is 2.61 bits per heavy atom. The SMILES string of the molecule is CC1(Nc2ccc(N)cc2C(F)F)CCOCC1. The maximum Gasteiger partial charge on any atom is 0.265 e. The van der Waals surface area contributed by atoms with Crippen molar-refractivity contribution in [2.24, 2.45) is 0 Å². The van der Waals surface area contributed by atoms with Gasteiger partial charge in [-0.25, -0.2) is 8.78 Å². The fourth-order valence-electron chi connectivity index (χ4n) is 2.15. The maximum atomic E-state index is 13.0. The first-order chi connectivity index (χ1) is 8.50. The zero-order chi connectivity index (χ0) is 13.2. The van der Waals surface area contributed by atoms with Gasteiger partial charge in [0, 0.05) is 35.7 Å². The molecule has 0 aliphatic carbocycles. The average Bonchev–Trinajstić information content (AvgIpc) is 2.32. The zero-order valence-corrected chi connectivity index (χ0v) is 10.4. The summed E-state index contributed by atoms with van der Waals surface area (Å²) < 4.78 is 31.2. The Morgan fingerprint density at radius 2 is 2.00 bits per heavy atom. The largest absolute Gasteiger partial charge is 0.399 e. The summed E-state index contributed by atoms with van der Waals surface area (Å²) >= 11 is 0. The topological polar surface area (TPSA) is 47.3 Å². The van der Waals surface area contributed by atoms with Crippen molar-refractivity contribution >= 4 is 11.4 Å². The van der Waals surface area contributed by atoms with Gasteiger partial charge < -0.3 is 15.8 Å². The number of halogens is 2. The molecule has 1 aliphatic heterocycles. The van der Waals surface area contributed by atoms with Crippen LogP contribution in [0.1, 0.15) is 31.8 Å². The normalized spacial score (nSPS) is 18.9. The van der Waals surface area contributed by atoms with Crippen LogP contribution in [-0.4, -0.2) is 18.8 Å². The molecule has 0 spiro atoms. The number of hydrogen-bond donors (Lipinski definition) is 2. The second-order valence-corrected chi connectivity index (χ2v) is 4.95. The summed E-state index contributed by atoms with van der Waals surface area (Å²) in [6.07, 6.45) is -0.917. The standard InChI is InChI=1S/C13H18F2N2O/c1-13(4-6-18-7-5-13)17-11-3-2-9(16)8-10(11)12(14)15/h2-3,8,12,17H,4-7,16H2,1H3. The number of benzene rings is 1. The Balaban J connectivity index is 2.22. The van der Waals surface area contributed by atoms with Crippen molar-refractivity contribution in [2.75, 3.05) is 24.3 Å². The van der Waals surface area contributed by atoms with Gasteiger partial charge in [0.25, 0.3) is 6.43 Å². The molecule has 0 radical (unpaired) electrons. The van der Waals surface area contributed by atoms with Gasteiger partial charge in [-0.05, 0) is 38.0 Å². The summed E-state index contributed by atoms with van der Waals surface area (Å²) in [7, 11) is 0. The molecule has 2 rings (SSSR count). The van der Waals surface area contributed by atoms with Crippen LogP contribution in [0, 0.1) is 0 Å². The molecule has 1 aliphatic rings. The lowest BCUT2D eigenvalue weighted by molar-refractivity contribution is 0.0656. The molecule has 1 fully saturated rings. The van der Waals surface area contributed by atoms with E-state index in [2.05, 4.69) is 5.32 Å². The van der Waals surface area contributed by atoms with Crippen LogP contribution in [-0.2, 0) is 4.74 Å². The molecule has 3 nitrogen and oxygen atoms in total. The smallest absolute Gasteiger partial charge is 0.265 e. The summed E-state index contributed by atoms with van der Waals surface area (Å²) in [5.41, 5.74) is 6.13. The van der Waals surface area contributed by atoms with Crippen molar-refractivity contribution < 1.29 is 13.5 Å². The van der Waals surface area contributed by atoms with Crippen molar-refractivity contribution in [3.05, 3.63) is 23.8 Å². The van der Waals surface area contributed by atoms with Crippen molar-refractivity contribution in [1.29, 1.82) is 0 Å². The third-order valence-corrected chi connectivity index (χ3v) is 3.34. The summed E-state index contributed by atoms with van der Waals surface area (Å²) in [6.45, 7) is 3.34. The van der Waals surface area contributed by atoms with Gasteiger partial charge in [0.2, 0.25) is 0 Å². The second kappa shape index (κ2) is 5.10. The minimum atomic E-state index is -2.53. The predicted molar refractivity (Wildman–Crippen MR) is 67.9 cm³/mol. The second-order valence-electron chi connectivity index (χ2n) is 4.95. The number of nitrogens with two attached hydrogens (primary N) is 1. The Morgan fingerprint density at radius 1 is 1.33 bits per heavy atom. The van der Waals surface area contributed by atoms with Crippen molar-refractivity contribution in [1.82, 2.24) is 0 Å². The van der Waals surface area contributed by atoms with Crippen molar-refractivity contribution in [3.8, 4) is 0 Å². The quantitative estimate of drug-likeness (QED) is 0.816. The molecule has 1 aromatic carbocycles. The predicted octanol–water partition coefficient (Wildman–Crippen LogP) is 3.19. The van der Waals surface area contributed by atoms with Crippen LogP contribution < -0.4 is 11.1 Å². The van der Waals surface area contributed by atoms with Gasteiger partial charge in [-0.15, -0.1) is 0 Å². The number of ether oxygens (including phenoxy) is 1. The van der Waals surface area contributed by atoms with Gasteiger partial charge in [-0.3, -0.25) is 0 Å². The van der Waals surface area contributed by atoms with Gasteiger partial charge in [-0.1, -0.05) is 0 Å². The molecule has 0 atom stereocenters. The first-order valence-corrected chi connectivity index (χ1v) is 6.04. The van der Waals surface area contributed by atoms with E-state index in [0.29, 0.717) is 24.6 Å². The van der Waals surface area contributed by atoms with Crippen LogP contribution in [0.2, 0.25) is 0 Å². The molecular formula is C13H18F2N2O. The van der Waals surface area contributed by atoms with Crippen LogP contribution in [0.25, 0.3) is 0 Å². The van der Waals surface area contributed by atoms with E-state index in [1.807, 2.05) is 6.92 Å². The van der Waals surface area contributed by atoms with Crippen LogP contribution in [0.15, 0.2) is 18.2 Å². The van der Waals surface area contributed by atoms with Crippen molar-refractivity contribution in [2.45, 2.75) is 31.7 Å². The highest BCUT2D eigenvalue weighted by Gasteiger charge is 2.28. The van der Waals surface area contributed by atoms with Crippen LogP contribution in [0.5, 0.6) is 0 Å². The number of nitrogen functional groups attached to an aromatic ring is 1. The minimum Gasteiger partial charge on any atom is -0.399 e. The van der Waals surface area contributed by atoms with Gasteiger partial charge in [-0.2, -0.15) is 0 Å². The fraction of sp³-hybridized carbons (Fsp3) is 0.538. The molecule has 0 unspecified atom stereocenters. The first-order valence-electron chi connectivity index (χ1n) is 6.04. The minimum absolute atomic E-state index is 0.0392. The monoisotopic (exact) mass is 256 g/mol. The Kier molecular flexibility index (Phi) is 3.71. The summed E-state index contributed by atoms with van der Waals surface area (Å²) in [5.74, 6) is 0. The molecule has 0 amide bonds. The van der Waals surface area contributed by atoms with E-state index < -0.39 is 6.43 Å². The third kappa shape index (κ3) is 2.90. The average molecular weight is 256 g/mol. The fourth-order valence-corrected chi connectivity index (χ4v) is 2.15. The van der Waals surface area contributed by atoms with E-state index >= 15 is 0 Å². The lowest BCUT2D eigenvalue weighted by Crippen LogP contribution is -2.40. The molecule has 3 N–H and O–H groups in total. The number of hydrogen-bond acceptors (Lipinski definition) is 3. The lowest BCUT2D eigenvalue weighted by Gasteiger charge is -2.36. The zero-order valence-electron chi connectivity index (χ0n) is 10.4. The molecule has 1 aromatic rings. The number of rotatable bonds is 3. The van der Waals surface area contributed by atoms with Gasteiger partial charge in [0.15, 0.2) is 0 Å². The van der Waals surface area contributed by atoms with Gasteiger partial charge in [0.1, 0.15) is 0 Å². The summed E-state index contributed by atoms with van der Waals surface area (Å²) in [4.78, 5) is 0. The molecule has 1 heterocycles. The highest BCUT2D eigenvalue weighted by molar-refractivity contribution is 5.59. The molecule has 18 heavy (non-hydrogen) atoms. The van der Waals surface area contributed by atoms with Crippen LogP contribution >= 0.6 is 0 Å². The Labute approximate surface area is 105 Å². The molecule has 0 bridgehead atoms. The van der Waals surface area contributed by atoms with E-state index in [9.17, 15) is 8.78 Å². The number of anilines is 2. The van der Waals surface area contributed by atoms with E-state index in [-0.39, 0.29) is 11.1 Å². The number of nitrogens with one attached hydrogen (secondary N) is 1. The molecule has 5 heteroatoms. The third-order valence-electron chi connectivity index (χ3n) is 3.34. The maximum absolute atomic E-state index is 13.0. The van der Waals surface area contributed by atoms with E-state index in [1.54, 1.807) is 12.1 Å². The number of alkyl halides is 2. The van der Waals surface area contributed by atoms with E-state index in [1.165, 1.54) is 6.07 Å². The molecule has 100 valence electrons.